The minimum atomic E-state index is -0.938. The van der Waals surface area contributed by atoms with E-state index >= 15 is 0 Å². The van der Waals surface area contributed by atoms with Gasteiger partial charge in [-0.25, -0.2) is 4.39 Å². The van der Waals surface area contributed by atoms with Crippen molar-refractivity contribution in [1.29, 1.82) is 0 Å². The molecule has 6 heteroatoms. The molecule has 1 aliphatic heterocycles. The Morgan fingerprint density at radius 3 is 2.44 bits per heavy atom. The average molecular weight is 371 g/mol. The second kappa shape index (κ2) is 8.77. The van der Waals surface area contributed by atoms with Gasteiger partial charge in [-0.2, -0.15) is 0 Å². The molecule has 1 N–H and O–H groups in total. The van der Waals surface area contributed by atoms with E-state index in [-0.39, 0.29) is 24.2 Å². The van der Waals surface area contributed by atoms with Crippen molar-refractivity contribution < 1.29 is 23.8 Å². The molecule has 0 atom stereocenters. The predicted octanol–water partition coefficient (Wildman–Crippen LogP) is 3.27. The fourth-order valence-electron chi connectivity index (χ4n) is 3.30. The van der Waals surface area contributed by atoms with Crippen molar-refractivity contribution in [3.8, 4) is 0 Å². The van der Waals surface area contributed by atoms with E-state index in [0.29, 0.717) is 30.9 Å². The van der Waals surface area contributed by atoms with Crippen LogP contribution in [0.1, 0.15) is 34.3 Å². The molecule has 0 spiro atoms. The zero-order chi connectivity index (χ0) is 19.2. The molecule has 2 aromatic rings. The first-order valence-corrected chi connectivity index (χ1v) is 8.97. The number of aliphatic carboxylic acids is 1. The number of ether oxygens (including phenoxy) is 1. The SMILES string of the molecule is O=C(O)Cc1cccc(C(=O)N(Cc2ccc(F)cc2)C2CCOCC2)c1. The van der Waals surface area contributed by atoms with Gasteiger partial charge in [-0.05, 0) is 48.2 Å². The standard InChI is InChI=1S/C21H22FNO4/c22-18-6-4-15(5-7-18)14-23(19-8-10-27-11-9-19)21(26)17-3-1-2-16(12-17)13-20(24)25/h1-7,12,19H,8-11,13-14H2,(H,24,25). The summed E-state index contributed by atoms with van der Waals surface area (Å²) in [4.78, 5) is 26.0. The fourth-order valence-corrected chi connectivity index (χ4v) is 3.30. The second-order valence-corrected chi connectivity index (χ2v) is 6.67. The van der Waals surface area contributed by atoms with Crippen LogP contribution in [0.15, 0.2) is 48.5 Å². The molecular formula is C21H22FNO4. The molecule has 1 aliphatic rings. The number of nitrogens with zero attached hydrogens (tertiary/aromatic N) is 1. The van der Waals surface area contributed by atoms with Crippen LogP contribution in [0.5, 0.6) is 0 Å². The molecule has 0 radical (unpaired) electrons. The normalized spacial score (nSPS) is 14.7. The summed E-state index contributed by atoms with van der Waals surface area (Å²) in [7, 11) is 0. The van der Waals surface area contributed by atoms with Gasteiger partial charge >= 0.3 is 5.97 Å². The van der Waals surface area contributed by atoms with Gasteiger partial charge < -0.3 is 14.7 Å². The van der Waals surface area contributed by atoms with Crippen LogP contribution in [0.3, 0.4) is 0 Å². The van der Waals surface area contributed by atoms with Crippen LogP contribution in [-0.4, -0.2) is 41.1 Å². The topological polar surface area (TPSA) is 66.8 Å². The summed E-state index contributed by atoms with van der Waals surface area (Å²) in [5.74, 6) is -1.41. The van der Waals surface area contributed by atoms with Crippen molar-refractivity contribution in [2.24, 2.45) is 0 Å². The Bertz CT molecular complexity index is 800. The van der Waals surface area contributed by atoms with Gasteiger partial charge in [0.2, 0.25) is 0 Å². The smallest absolute Gasteiger partial charge is 0.307 e. The number of halogens is 1. The molecule has 3 rings (SSSR count). The molecule has 1 amide bonds. The Hall–Kier alpha value is -2.73. The molecule has 142 valence electrons. The monoisotopic (exact) mass is 371 g/mol. The van der Waals surface area contributed by atoms with Crippen molar-refractivity contribution in [1.82, 2.24) is 4.90 Å². The summed E-state index contributed by atoms with van der Waals surface area (Å²) in [6, 6.07) is 12.9. The first kappa shape index (κ1) is 19.0. The van der Waals surface area contributed by atoms with Gasteiger partial charge in [0.25, 0.3) is 5.91 Å². The van der Waals surface area contributed by atoms with Crippen molar-refractivity contribution in [3.63, 3.8) is 0 Å². The maximum absolute atomic E-state index is 13.2. The molecule has 0 aromatic heterocycles. The summed E-state index contributed by atoms with van der Waals surface area (Å²) in [5.41, 5.74) is 1.89. The third kappa shape index (κ3) is 5.14. The second-order valence-electron chi connectivity index (χ2n) is 6.67. The van der Waals surface area contributed by atoms with Gasteiger partial charge in [0, 0.05) is 31.4 Å². The summed E-state index contributed by atoms with van der Waals surface area (Å²) < 4.78 is 18.6. The number of carboxylic acid groups (broad SMARTS) is 1. The number of rotatable bonds is 6. The lowest BCUT2D eigenvalue weighted by atomic mass is 10.0. The lowest BCUT2D eigenvalue weighted by Crippen LogP contribution is -2.43. The zero-order valence-electron chi connectivity index (χ0n) is 14.9. The molecule has 0 unspecified atom stereocenters. The van der Waals surface area contributed by atoms with Crippen LogP contribution < -0.4 is 0 Å². The van der Waals surface area contributed by atoms with Gasteiger partial charge in [-0.3, -0.25) is 9.59 Å². The van der Waals surface area contributed by atoms with Crippen molar-refractivity contribution >= 4 is 11.9 Å². The third-order valence-corrected chi connectivity index (χ3v) is 4.69. The number of carbonyl (C=O) groups excluding carboxylic acids is 1. The maximum atomic E-state index is 13.2. The van der Waals surface area contributed by atoms with Crippen molar-refractivity contribution in [2.75, 3.05) is 13.2 Å². The largest absolute Gasteiger partial charge is 0.481 e. The molecule has 0 saturated carbocycles. The highest BCUT2D eigenvalue weighted by Crippen LogP contribution is 2.21. The summed E-state index contributed by atoms with van der Waals surface area (Å²) in [5, 5.41) is 8.99. The highest BCUT2D eigenvalue weighted by atomic mass is 19.1. The quantitative estimate of drug-likeness (QED) is 0.846. The summed E-state index contributed by atoms with van der Waals surface area (Å²) in [6.45, 7) is 1.56. The first-order valence-electron chi connectivity index (χ1n) is 8.97. The number of carbonyl (C=O) groups is 2. The maximum Gasteiger partial charge on any atom is 0.307 e. The Kier molecular flexibility index (Phi) is 6.19. The van der Waals surface area contributed by atoms with Crippen molar-refractivity contribution in [3.05, 3.63) is 71.0 Å². The molecule has 0 bridgehead atoms. The van der Waals surface area contributed by atoms with E-state index in [1.807, 2.05) is 0 Å². The zero-order valence-corrected chi connectivity index (χ0v) is 14.9. The van der Waals surface area contributed by atoms with E-state index in [1.165, 1.54) is 12.1 Å². The molecule has 1 saturated heterocycles. The van der Waals surface area contributed by atoms with Gasteiger partial charge in [0.15, 0.2) is 0 Å². The van der Waals surface area contributed by atoms with Crippen LogP contribution in [0, 0.1) is 5.82 Å². The van der Waals surface area contributed by atoms with Gasteiger partial charge in [-0.1, -0.05) is 24.3 Å². The third-order valence-electron chi connectivity index (χ3n) is 4.69. The lowest BCUT2D eigenvalue weighted by molar-refractivity contribution is -0.136. The number of carboxylic acids is 1. The Balaban J connectivity index is 1.85. The Labute approximate surface area is 157 Å². The molecule has 1 heterocycles. The van der Waals surface area contributed by atoms with E-state index in [1.54, 1.807) is 41.3 Å². The summed E-state index contributed by atoms with van der Waals surface area (Å²) >= 11 is 0. The first-order chi connectivity index (χ1) is 13.0. The van der Waals surface area contributed by atoms with E-state index in [9.17, 15) is 14.0 Å². The average Bonchev–Trinajstić information content (AvgIpc) is 2.67. The number of benzene rings is 2. The molecule has 27 heavy (non-hydrogen) atoms. The number of hydrogen-bond donors (Lipinski definition) is 1. The van der Waals surface area contributed by atoms with E-state index < -0.39 is 5.97 Å². The van der Waals surface area contributed by atoms with Crippen LogP contribution in [-0.2, 0) is 22.5 Å². The molecule has 1 fully saturated rings. The highest BCUT2D eigenvalue weighted by Gasteiger charge is 2.27. The molecule has 5 nitrogen and oxygen atoms in total. The number of hydrogen-bond acceptors (Lipinski definition) is 3. The summed E-state index contributed by atoms with van der Waals surface area (Å²) in [6.07, 6.45) is 1.35. The molecular weight excluding hydrogens is 349 g/mol. The molecule has 0 aliphatic carbocycles. The predicted molar refractivity (Wildman–Crippen MR) is 97.9 cm³/mol. The minimum Gasteiger partial charge on any atom is -0.481 e. The van der Waals surface area contributed by atoms with Crippen LogP contribution in [0.25, 0.3) is 0 Å². The van der Waals surface area contributed by atoms with E-state index in [4.69, 9.17) is 9.84 Å². The lowest BCUT2D eigenvalue weighted by Gasteiger charge is -2.34. The highest BCUT2D eigenvalue weighted by molar-refractivity contribution is 5.94. The van der Waals surface area contributed by atoms with Crippen LogP contribution >= 0.6 is 0 Å². The van der Waals surface area contributed by atoms with Gasteiger partial charge in [0.1, 0.15) is 5.82 Å². The van der Waals surface area contributed by atoms with Crippen molar-refractivity contribution in [2.45, 2.75) is 31.8 Å². The fraction of sp³-hybridized carbons (Fsp3) is 0.333. The Morgan fingerprint density at radius 1 is 1.07 bits per heavy atom. The minimum absolute atomic E-state index is 0.0273. The molecule has 2 aromatic carbocycles. The number of amides is 1. The van der Waals surface area contributed by atoms with Gasteiger partial charge in [0.05, 0.1) is 6.42 Å². The van der Waals surface area contributed by atoms with E-state index in [2.05, 4.69) is 0 Å². The van der Waals surface area contributed by atoms with Crippen LogP contribution in [0.2, 0.25) is 0 Å². The Morgan fingerprint density at radius 2 is 1.78 bits per heavy atom. The van der Waals surface area contributed by atoms with E-state index in [0.717, 1.165) is 18.4 Å². The van der Waals surface area contributed by atoms with Gasteiger partial charge in [-0.15, -0.1) is 0 Å². The van der Waals surface area contributed by atoms with Crippen LogP contribution in [0.4, 0.5) is 4.39 Å².